The van der Waals surface area contributed by atoms with Crippen molar-refractivity contribution in [3.63, 3.8) is 0 Å². The van der Waals surface area contributed by atoms with Crippen molar-refractivity contribution in [3.8, 4) is 0 Å². The third-order valence-electron chi connectivity index (χ3n) is 2.80. The molecule has 1 aromatic carbocycles. The van der Waals surface area contributed by atoms with E-state index in [9.17, 15) is 14.4 Å². The summed E-state index contributed by atoms with van der Waals surface area (Å²) in [6.07, 6.45) is 2.71. The van der Waals surface area contributed by atoms with Crippen LogP contribution in [-0.2, 0) is 14.4 Å². The minimum absolute atomic E-state index is 0.0330. The molecule has 6 nitrogen and oxygen atoms in total. The Balaban J connectivity index is 2.59. The van der Waals surface area contributed by atoms with Gasteiger partial charge in [-0.3, -0.25) is 9.59 Å². The van der Waals surface area contributed by atoms with Crippen LogP contribution in [0.5, 0.6) is 0 Å². The molecule has 1 unspecified atom stereocenters. The van der Waals surface area contributed by atoms with Crippen molar-refractivity contribution >= 4 is 23.9 Å². The molecule has 1 aromatic rings. The Kier molecular flexibility index (Phi) is 6.13. The Bertz CT molecular complexity index is 549. The summed E-state index contributed by atoms with van der Waals surface area (Å²) in [5.74, 6) is -2.34. The number of nitrogens with one attached hydrogen (secondary N) is 1. The van der Waals surface area contributed by atoms with Crippen molar-refractivity contribution in [1.29, 1.82) is 0 Å². The Morgan fingerprint density at radius 3 is 2.43 bits per heavy atom. The number of benzene rings is 1. The average Bonchev–Trinajstić information content (AvgIpc) is 2.42. The summed E-state index contributed by atoms with van der Waals surface area (Å²) in [6.45, 7) is 1.95. The molecule has 0 aromatic heterocycles. The van der Waals surface area contributed by atoms with Crippen LogP contribution in [0.25, 0.3) is 6.08 Å². The monoisotopic (exact) mass is 290 g/mol. The van der Waals surface area contributed by atoms with Gasteiger partial charge in [0.05, 0.1) is 0 Å². The molecule has 4 N–H and O–H groups in total. The van der Waals surface area contributed by atoms with Gasteiger partial charge in [0.1, 0.15) is 6.04 Å². The van der Waals surface area contributed by atoms with Gasteiger partial charge < -0.3 is 16.2 Å². The summed E-state index contributed by atoms with van der Waals surface area (Å²) in [7, 11) is 0. The number of rotatable bonds is 7. The van der Waals surface area contributed by atoms with Crippen LogP contribution < -0.4 is 11.1 Å². The summed E-state index contributed by atoms with van der Waals surface area (Å²) < 4.78 is 0. The molecule has 0 fully saturated rings. The van der Waals surface area contributed by atoms with Gasteiger partial charge in [-0.15, -0.1) is 0 Å². The van der Waals surface area contributed by atoms with Gasteiger partial charge in [0.15, 0.2) is 0 Å². The maximum absolute atomic E-state index is 11.7. The van der Waals surface area contributed by atoms with Crippen LogP contribution in [-0.4, -0.2) is 28.9 Å². The van der Waals surface area contributed by atoms with E-state index in [1.54, 1.807) is 6.08 Å². The molecular weight excluding hydrogens is 272 g/mol. The fourth-order valence-electron chi connectivity index (χ4n) is 1.61. The number of primary amides is 1. The number of aliphatic carboxylic acids is 1. The van der Waals surface area contributed by atoms with E-state index in [4.69, 9.17) is 10.8 Å². The molecule has 0 spiro atoms. The van der Waals surface area contributed by atoms with Crippen LogP contribution in [0.3, 0.4) is 0 Å². The van der Waals surface area contributed by atoms with Crippen molar-refractivity contribution in [3.05, 3.63) is 41.5 Å². The Morgan fingerprint density at radius 2 is 1.90 bits per heavy atom. The lowest BCUT2D eigenvalue weighted by atomic mass is 10.1. The molecule has 1 atom stereocenters. The van der Waals surface area contributed by atoms with Crippen molar-refractivity contribution in [2.24, 2.45) is 5.73 Å². The van der Waals surface area contributed by atoms with Gasteiger partial charge in [-0.2, -0.15) is 0 Å². The predicted molar refractivity (Wildman–Crippen MR) is 78.2 cm³/mol. The molecule has 0 heterocycles. The molecule has 0 bridgehead atoms. The highest BCUT2D eigenvalue weighted by Crippen LogP contribution is 2.05. The molecule has 2 amide bonds. The van der Waals surface area contributed by atoms with Gasteiger partial charge in [0.2, 0.25) is 11.8 Å². The zero-order valence-electron chi connectivity index (χ0n) is 11.7. The molecule has 0 aliphatic rings. The number of aryl methyl sites for hydroxylation is 1. The zero-order valence-corrected chi connectivity index (χ0v) is 11.7. The molecule has 0 aliphatic heterocycles. The Hall–Kier alpha value is -2.63. The third-order valence-corrected chi connectivity index (χ3v) is 2.80. The van der Waals surface area contributed by atoms with Crippen LogP contribution in [0.2, 0.25) is 0 Å². The van der Waals surface area contributed by atoms with Gasteiger partial charge in [0, 0.05) is 12.5 Å². The lowest BCUT2D eigenvalue weighted by molar-refractivity contribution is -0.141. The molecular formula is C15H18N2O4. The van der Waals surface area contributed by atoms with E-state index in [-0.39, 0.29) is 12.8 Å². The summed E-state index contributed by atoms with van der Waals surface area (Å²) in [5, 5.41) is 11.3. The summed E-state index contributed by atoms with van der Waals surface area (Å²) in [5.41, 5.74) is 6.90. The number of hydrogen-bond donors (Lipinski definition) is 3. The lowest BCUT2D eigenvalue weighted by Crippen LogP contribution is -2.40. The summed E-state index contributed by atoms with van der Waals surface area (Å²) in [4.78, 5) is 33.3. The molecule has 0 aliphatic carbocycles. The number of hydrogen-bond acceptors (Lipinski definition) is 3. The van der Waals surface area contributed by atoms with Crippen molar-refractivity contribution in [2.75, 3.05) is 0 Å². The van der Waals surface area contributed by atoms with Crippen molar-refractivity contribution in [1.82, 2.24) is 5.32 Å². The van der Waals surface area contributed by atoms with E-state index in [1.165, 1.54) is 6.08 Å². The number of carbonyl (C=O) groups is 3. The second kappa shape index (κ2) is 7.84. The molecule has 6 heteroatoms. The Labute approximate surface area is 122 Å². The number of carboxylic acid groups (broad SMARTS) is 1. The van der Waals surface area contributed by atoms with Gasteiger partial charge in [-0.05, 0) is 25.0 Å². The van der Waals surface area contributed by atoms with E-state index >= 15 is 0 Å². The number of nitrogens with two attached hydrogens (primary N) is 1. The molecule has 0 saturated heterocycles. The lowest BCUT2D eigenvalue weighted by Gasteiger charge is -2.11. The number of carboxylic acids is 1. The highest BCUT2D eigenvalue weighted by Gasteiger charge is 2.19. The number of carbonyl (C=O) groups excluding carboxylic acids is 2. The van der Waals surface area contributed by atoms with Crippen LogP contribution in [0.1, 0.15) is 24.0 Å². The first-order chi connectivity index (χ1) is 9.88. The second-order valence-corrected chi connectivity index (χ2v) is 4.65. The second-order valence-electron chi connectivity index (χ2n) is 4.65. The minimum atomic E-state index is -1.20. The molecule has 1 rings (SSSR count). The maximum Gasteiger partial charge on any atom is 0.326 e. The van der Waals surface area contributed by atoms with E-state index in [0.717, 1.165) is 11.1 Å². The van der Waals surface area contributed by atoms with Crippen LogP contribution in [0, 0.1) is 6.92 Å². The van der Waals surface area contributed by atoms with Crippen LogP contribution in [0.15, 0.2) is 30.3 Å². The quantitative estimate of drug-likeness (QED) is 0.646. The maximum atomic E-state index is 11.7. The molecule has 112 valence electrons. The smallest absolute Gasteiger partial charge is 0.326 e. The highest BCUT2D eigenvalue weighted by atomic mass is 16.4. The Morgan fingerprint density at radius 1 is 1.29 bits per heavy atom. The topological polar surface area (TPSA) is 109 Å². The zero-order chi connectivity index (χ0) is 15.8. The SMILES string of the molecule is Cc1ccc(/C=C/C(=O)NC(CCC(N)=O)C(=O)O)cc1. The molecule has 0 radical (unpaired) electrons. The third kappa shape index (κ3) is 6.38. The predicted octanol–water partition coefficient (Wildman–Crippen LogP) is 0.843. The van der Waals surface area contributed by atoms with Crippen LogP contribution in [0.4, 0.5) is 0 Å². The van der Waals surface area contributed by atoms with Gasteiger partial charge >= 0.3 is 5.97 Å². The van der Waals surface area contributed by atoms with Crippen molar-refractivity contribution in [2.45, 2.75) is 25.8 Å². The minimum Gasteiger partial charge on any atom is -0.480 e. The summed E-state index contributed by atoms with van der Waals surface area (Å²) in [6, 6.07) is 6.38. The fraction of sp³-hybridized carbons (Fsp3) is 0.267. The highest BCUT2D eigenvalue weighted by molar-refractivity contribution is 5.94. The van der Waals surface area contributed by atoms with Gasteiger partial charge in [0.25, 0.3) is 0 Å². The van der Waals surface area contributed by atoms with E-state index in [1.807, 2.05) is 31.2 Å². The largest absolute Gasteiger partial charge is 0.480 e. The van der Waals surface area contributed by atoms with Gasteiger partial charge in [-0.1, -0.05) is 29.8 Å². The molecule has 21 heavy (non-hydrogen) atoms. The first-order valence-corrected chi connectivity index (χ1v) is 6.45. The standard InChI is InChI=1S/C15H18N2O4/c1-10-2-4-11(5-3-10)6-9-14(19)17-12(15(20)21)7-8-13(16)18/h2-6,9,12H,7-8H2,1H3,(H2,16,18)(H,17,19)(H,20,21)/b9-6+. The van der Waals surface area contributed by atoms with E-state index < -0.39 is 23.8 Å². The van der Waals surface area contributed by atoms with Gasteiger partial charge in [-0.25, -0.2) is 4.79 Å². The normalized spacial score (nSPS) is 12.0. The van der Waals surface area contributed by atoms with Crippen LogP contribution >= 0.6 is 0 Å². The average molecular weight is 290 g/mol. The molecule has 0 saturated carbocycles. The summed E-state index contributed by atoms with van der Waals surface area (Å²) >= 11 is 0. The fourth-order valence-corrected chi connectivity index (χ4v) is 1.61. The number of amides is 2. The van der Waals surface area contributed by atoms with E-state index in [0.29, 0.717) is 0 Å². The van der Waals surface area contributed by atoms with Crippen molar-refractivity contribution < 1.29 is 19.5 Å². The first kappa shape index (κ1) is 16.4. The van der Waals surface area contributed by atoms with E-state index in [2.05, 4.69) is 5.32 Å². The first-order valence-electron chi connectivity index (χ1n) is 6.45.